The highest BCUT2D eigenvalue weighted by Crippen LogP contribution is 2.20. The first kappa shape index (κ1) is 21.5. The van der Waals surface area contributed by atoms with Crippen molar-refractivity contribution in [3.8, 4) is 11.4 Å². The molecular weight excluding hydrogens is 450 g/mol. The molecule has 0 radical (unpaired) electrons. The van der Waals surface area contributed by atoms with Gasteiger partial charge in [0.05, 0.1) is 23.3 Å². The number of hydrogen-bond acceptors (Lipinski definition) is 5. The number of tetrazole rings is 1. The van der Waals surface area contributed by atoms with E-state index in [-0.39, 0.29) is 12.1 Å². The highest BCUT2D eigenvalue weighted by Gasteiger charge is 2.12. The molecule has 166 valence electrons. The van der Waals surface area contributed by atoms with E-state index in [0.717, 1.165) is 27.7 Å². The summed E-state index contributed by atoms with van der Waals surface area (Å²) in [5.74, 6) is -0.527. The smallest absolute Gasteiger partial charge is 0.336 e. The second kappa shape index (κ2) is 9.25. The summed E-state index contributed by atoms with van der Waals surface area (Å²) in [4.78, 5) is 17.5. The predicted octanol–water partition coefficient (Wildman–Crippen LogP) is 5.46. The fourth-order valence-electron chi connectivity index (χ4n) is 3.61. The van der Waals surface area contributed by atoms with E-state index < -0.39 is 5.97 Å². The number of aromatic nitrogens is 5. The first-order chi connectivity index (χ1) is 16.5. The molecule has 0 saturated carbocycles. The molecule has 2 heterocycles. The molecule has 0 saturated heterocycles. The number of benzene rings is 3. The average Bonchev–Trinajstić information content (AvgIpc) is 3.31. The van der Waals surface area contributed by atoms with E-state index in [1.54, 1.807) is 24.3 Å². The molecule has 3 aromatic carbocycles. The number of fused-ring (bicyclic) bond motifs is 1. The lowest BCUT2D eigenvalue weighted by molar-refractivity contribution is 0.0695. The van der Waals surface area contributed by atoms with Crippen molar-refractivity contribution < 1.29 is 9.90 Å². The van der Waals surface area contributed by atoms with Crippen LogP contribution in [0.25, 0.3) is 34.4 Å². The number of pyridine rings is 1. The van der Waals surface area contributed by atoms with Crippen LogP contribution in [0.1, 0.15) is 27.2 Å². The Labute approximate surface area is 200 Å². The third-order valence-corrected chi connectivity index (χ3v) is 5.51. The normalized spacial score (nSPS) is 11.3. The van der Waals surface area contributed by atoms with E-state index in [1.165, 1.54) is 4.80 Å². The lowest BCUT2D eigenvalue weighted by Crippen LogP contribution is -2.09. The second-order valence-electron chi connectivity index (χ2n) is 7.64. The Morgan fingerprint density at radius 3 is 2.71 bits per heavy atom. The van der Waals surface area contributed by atoms with Crippen molar-refractivity contribution in [3.63, 3.8) is 0 Å². The number of hydrogen-bond donors (Lipinski definition) is 1. The molecule has 5 rings (SSSR count). The number of halogens is 1. The van der Waals surface area contributed by atoms with Crippen LogP contribution in [-0.2, 0) is 6.54 Å². The van der Waals surface area contributed by atoms with Gasteiger partial charge in [-0.2, -0.15) is 4.80 Å². The molecule has 0 fully saturated rings. The SMILES string of the molecule is O=C(O)c1ccccc1Cn1nnc(-c2cccc(/C=C/c3ccc4ccc(Cl)cc4n3)c2)n1. The van der Waals surface area contributed by atoms with Crippen molar-refractivity contribution in [2.45, 2.75) is 6.54 Å². The van der Waals surface area contributed by atoms with Crippen LogP contribution < -0.4 is 0 Å². The zero-order valence-corrected chi connectivity index (χ0v) is 18.6. The van der Waals surface area contributed by atoms with Gasteiger partial charge < -0.3 is 5.11 Å². The molecular formula is C26H18ClN5O2. The molecule has 1 N–H and O–H groups in total. The largest absolute Gasteiger partial charge is 0.478 e. The standard InChI is InChI=1S/C26H18ClN5O2/c27-21-11-9-18-10-13-22(28-24(18)15-21)12-8-17-4-3-6-19(14-17)25-29-31-32(30-25)16-20-5-1-2-7-23(20)26(33)34/h1-15H,16H2,(H,33,34)/b12-8+. The Morgan fingerprint density at radius 1 is 0.971 bits per heavy atom. The fraction of sp³-hybridized carbons (Fsp3) is 0.0385. The molecule has 0 bridgehead atoms. The van der Waals surface area contributed by atoms with Gasteiger partial charge in [0.25, 0.3) is 0 Å². The third kappa shape index (κ3) is 4.69. The van der Waals surface area contributed by atoms with E-state index in [2.05, 4.69) is 20.4 Å². The van der Waals surface area contributed by atoms with Gasteiger partial charge in [0.15, 0.2) is 0 Å². The molecule has 2 aromatic heterocycles. The first-order valence-corrected chi connectivity index (χ1v) is 10.9. The number of nitrogens with zero attached hydrogens (tertiary/aromatic N) is 5. The van der Waals surface area contributed by atoms with Crippen LogP contribution in [0.4, 0.5) is 0 Å². The minimum absolute atomic E-state index is 0.215. The van der Waals surface area contributed by atoms with Gasteiger partial charge in [0.1, 0.15) is 0 Å². The van der Waals surface area contributed by atoms with Crippen LogP contribution in [0.3, 0.4) is 0 Å². The maximum Gasteiger partial charge on any atom is 0.336 e. The van der Waals surface area contributed by atoms with Crippen LogP contribution in [0.5, 0.6) is 0 Å². The van der Waals surface area contributed by atoms with Gasteiger partial charge in [-0.15, -0.1) is 10.2 Å². The molecule has 0 atom stereocenters. The van der Waals surface area contributed by atoms with E-state index >= 15 is 0 Å². The highest BCUT2D eigenvalue weighted by atomic mass is 35.5. The lowest BCUT2D eigenvalue weighted by atomic mass is 10.1. The Morgan fingerprint density at radius 2 is 1.82 bits per heavy atom. The van der Waals surface area contributed by atoms with E-state index in [4.69, 9.17) is 11.6 Å². The van der Waals surface area contributed by atoms with Crippen molar-refractivity contribution in [2.75, 3.05) is 0 Å². The number of carboxylic acid groups (broad SMARTS) is 1. The fourth-order valence-corrected chi connectivity index (χ4v) is 3.77. The quantitative estimate of drug-likeness (QED) is 0.356. The molecule has 0 aliphatic heterocycles. The van der Waals surface area contributed by atoms with E-state index in [9.17, 15) is 9.90 Å². The topological polar surface area (TPSA) is 93.8 Å². The zero-order chi connectivity index (χ0) is 23.5. The number of aromatic carboxylic acids is 1. The van der Waals surface area contributed by atoms with Crippen molar-refractivity contribution in [2.24, 2.45) is 0 Å². The second-order valence-corrected chi connectivity index (χ2v) is 8.07. The maximum absolute atomic E-state index is 11.4. The minimum Gasteiger partial charge on any atom is -0.478 e. The van der Waals surface area contributed by atoms with Crippen LogP contribution in [0.15, 0.2) is 78.9 Å². The van der Waals surface area contributed by atoms with Gasteiger partial charge >= 0.3 is 5.97 Å². The van der Waals surface area contributed by atoms with Gasteiger partial charge in [-0.3, -0.25) is 0 Å². The number of carbonyl (C=O) groups is 1. The molecule has 5 aromatic rings. The van der Waals surface area contributed by atoms with Gasteiger partial charge in [0.2, 0.25) is 5.82 Å². The van der Waals surface area contributed by atoms with Crippen LogP contribution in [0.2, 0.25) is 5.02 Å². The lowest BCUT2D eigenvalue weighted by Gasteiger charge is -2.04. The summed E-state index contributed by atoms with van der Waals surface area (Å²) >= 11 is 6.09. The number of rotatable bonds is 6. The molecule has 0 aliphatic rings. The Kier molecular flexibility index (Phi) is 5.84. The van der Waals surface area contributed by atoms with Crippen molar-refractivity contribution in [3.05, 3.63) is 106 Å². The molecule has 0 unspecified atom stereocenters. The van der Waals surface area contributed by atoms with Crippen molar-refractivity contribution in [1.29, 1.82) is 0 Å². The van der Waals surface area contributed by atoms with Gasteiger partial charge in [0, 0.05) is 16.0 Å². The van der Waals surface area contributed by atoms with Crippen molar-refractivity contribution >= 4 is 40.6 Å². The molecule has 34 heavy (non-hydrogen) atoms. The van der Waals surface area contributed by atoms with Crippen LogP contribution in [0, 0.1) is 0 Å². The Hall–Kier alpha value is -4.36. The van der Waals surface area contributed by atoms with Gasteiger partial charge in [-0.25, -0.2) is 9.78 Å². The monoisotopic (exact) mass is 467 g/mol. The highest BCUT2D eigenvalue weighted by molar-refractivity contribution is 6.31. The minimum atomic E-state index is -0.987. The van der Waals surface area contributed by atoms with E-state index in [1.807, 2.05) is 66.7 Å². The third-order valence-electron chi connectivity index (χ3n) is 5.28. The zero-order valence-electron chi connectivity index (χ0n) is 17.8. The summed E-state index contributed by atoms with van der Waals surface area (Å²) in [6.45, 7) is 0.215. The van der Waals surface area contributed by atoms with Crippen molar-refractivity contribution in [1.82, 2.24) is 25.2 Å². The Bertz CT molecular complexity index is 1540. The number of carboxylic acids is 1. The molecule has 8 heteroatoms. The predicted molar refractivity (Wildman–Crippen MR) is 131 cm³/mol. The Balaban J connectivity index is 1.36. The molecule has 7 nitrogen and oxygen atoms in total. The summed E-state index contributed by atoms with van der Waals surface area (Å²) in [6.07, 6.45) is 3.91. The summed E-state index contributed by atoms with van der Waals surface area (Å²) < 4.78 is 0. The van der Waals surface area contributed by atoms with Crippen LogP contribution >= 0.6 is 11.6 Å². The summed E-state index contributed by atoms with van der Waals surface area (Å²) in [5, 5.41) is 23.7. The molecule has 0 spiro atoms. The molecule has 0 amide bonds. The van der Waals surface area contributed by atoms with Gasteiger partial charge in [-0.1, -0.05) is 66.2 Å². The summed E-state index contributed by atoms with van der Waals surface area (Å²) in [6, 6.07) is 24.1. The van der Waals surface area contributed by atoms with Crippen LogP contribution in [-0.4, -0.2) is 36.3 Å². The molecule has 0 aliphatic carbocycles. The summed E-state index contributed by atoms with van der Waals surface area (Å²) in [5.41, 5.74) is 4.25. The maximum atomic E-state index is 11.4. The first-order valence-electron chi connectivity index (χ1n) is 10.5. The van der Waals surface area contributed by atoms with E-state index in [0.29, 0.717) is 16.4 Å². The summed E-state index contributed by atoms with van der Waals surface area (Å²) in [7, 11) is 0. The van der Waals surface area contributed by atoms with Gasteiger partial charge in [-0.05, 0) is 52.7 Å². The average molecular weight is 468 g/mol.